The van der Waals surface area contributed by atoms with Crippen LogP contribution in [0.1, 0.15) is 58.8 Å². The zero-order valence-corrected chi connectivity index (χ0v) is 11.6. The Hall–Kier alpha value is -0.570. The Bertz CT molecular complexity index is 236. The van der Waals surface area contributed by atoms with E-state index in [9.17, 15) is 4.79 Å². The van der Waals surface area contributed by atoms with Gasteiger partial charge < -0.3 is 10.1 Å². The van der Waals surface area contributed by atoms with Crippen LogP contribution in [-0.2, 0) is 9.53 Å². The van der Waals surface area contributed by atoms with Gasteiger partial charge in [0.2, 0.25) is 0 Å². The van der Waals surface area contributed by atoms with Crippen molar-refractivity contribution in [2.24, 2.45) is 5.41 Å². The lowest BCUT2D eigenvalue weighted by Crippen LogP contribution is -2.40. The van der Waals surface area contributed by atoms with E-state index >= 15 is 0 Å². The van der Waals surface area contributed by atoms with Crippen molar-refractivity contribution in [3.8, 4) is 0 Å². The van der Waals surface area contributed by atoms with E-state index in [0.717, 1.165) is 25.8 Å². The molecular formula is C14H27NO2. The van der Waals surface area contributed by atoms with Crippen molar-refractivity contribution in [2.45, 2.75) is 64.8 Å². The van der Waals surface area contributed by atoms with Crippen molar-refractivity contribution in [1.82, 2.24) is 5.32 Å². The molecule has 17 heavy (non-hydrogen) atoms. The van der Waals surface area contributed by atoms with Crippen molar-refractivity contribution in [3.05, 3.63) is 0 Å². The van der Waals surface area contributed by atoms with E-state index in [1.807, 2.05) is 0 Å². The Labute approximate surface area is 105 Å². The van der Waals surface area contributed by atoms with Crippen LogP contribution in [0, 0.1) is 5.41 Å². The fraction of sp³-hybridized carbons (Fsp3) is 0.929. The first kappa shape index (κ1) is 14.5. The summed E-state index contributed by atoms with van der Waals surface area (Å²) in [6.45, 7) is 5.35. The first-order valence-electron chi connectivity index (χ1n) is 6.98. The first-order chi connectivity index (χ1) is 8.17. The van der Waals surface area contributed by atoms with Crippen molar-refractivity contribution in [3.63, 3.8) is 0 Å². The van der Waals surface area contributed by atoms with Gasteiger partial charge in [0.05, 0.1) is 7.11 Å². The minimum atomic E-state index is -0.106. The molecule has 0 aromatic rings. The predicted molar refractivity (Wildman–Crippen MR) is 69.9 cm³/mol. The SMILES string of the molecule is CCCCC(NCC1(CCC)CC1)C(=O)OC. The highest BCUT2D eigenvalue weighted by Gasteiger charge is 2.41. The number of carbonyl (C=O) groups is 1. The van der Waals surface area contributed by atoms with Gasteiger partial charge in [-0.15, -0.1) is 0 Å². The van der Waals surface area contributed by atoms with Crippen LogP contribution >= 0.6 is 0 Å². The van der Waals surface area contributed by atoms with E-state index in [1.54, 1.807) is 0 Å². The van der Waals surface area contributed by atoms with Crippen LogP contribution in [0.4, 0.5) is 0 Å². The molecule has 0 aliphatic heterocycles. The minimum Gasteiger partial charge on any atom is -0.468 e. The monoisotopic (exact) mass is 241 g/mol. The van der Waals surface area contributed by atoms with Gasteiger partial charge in [0.15, 0.2) is 0 Å². The average molecular weight is 241 g/mol. The number of hydrogen-bond donors (Lipinski definition) is 1. The van der Waals surface area contributed by atoms with E-state index < -0.39 is 0 Å². The van der Waals surface area contributed by atoms with Crippen LogP contribution in [0.15, 0.2) is 0 Å². The van der Waals surface area contributed by atoms with Crippen molar-refractivity contribution in [2.75, 3.05) is 13.7 Å². The zero-order valence-electron chi connectivity index (χ0n) is 11.6. The van der Waals surface area contributed by atoms with Gasteiger partial charge in [0.25, 0.3) is 0 Å². The highest BCUT2D eigenvalue weighted by atomic mass is 16.5. The van der Waals surface area contributed by atoms with E-state index in [-0.39, 0.29) is 12.0 Å². The Morgan fingerprint density at radius 1 is 1.35 bits per heavy atom. The molecule has 0 spiro atoms. The van der Waals surface area contributed by atoms with E-state index in [4.69, 9.17) is 4.74 Å². The van der Waals surface area contributed by atoms with Crippen molar-refractivity contribution < 1.29 is 9.53 Å². The van der Waals surface area contributed by atoms with Gasteiger partial charge in [0, 0.05) is 6.54 Å². The van der Waals surface area contributed by atoms with Crippen LogP contribution in [-0.4, -0.2) is 25.7 Å². The van der Waals surface area contributed by atoms with Gasteiger partial charge in [-0.3, -0.25) is 4.79 Å². The first-order valence-corrected chi connectivity index (χ1v) is 6.98. The summed E-state index contributed by atoms with van der Waals surface area (Å²) in [6, 6.07) is -0.103. The molecule has 0 aromatic heterocycles. The number of rotatable bonds is 9. The molecule has 1 rings (SSSR count). The molecule has 1 saturated carbocycles. The van der Waals surface area contributed by atoms with Gasteiger partial charge >= 0.3 is 5.97 Å². The zero-order chi connectivity index (χ0) is 12.7. The topological polar surface area (TPSA) is 38.3 Å². The normalized spacial score (nSPS) is 18.8. The van der Waals surface area contributed by atoms with E-state index in [2.05, 4.69) is 19.2 Å². The quantitative estimate of drug-likeness (QED) is 0.631. The Balaban J connectivity index is 2.35. The maximum Gasteiger partial charge on any atom is 0.322 e. The Morgan fingerprint density at radius 2 is 2.06 bits per heavy atom. The van der Waals surface area contributed by atoms with Crippen LogP contribution < -0.4 is 5.32 Å². The molecule has 1 aliphatic carbocycles. The van der Waals surface area contributed by atoms with Gasteiger partial charge in [-0.25, -0.2) is 0 Å². The molecule has 1 N–H and O–H groups in total. The van der Waals surface area contributed by atoms with Crippen molar-refractivity contribution >= 4 is 5.97 Å². The lowest BCUT2D eigenvalue weighted by molar-refractivity contribution is -0.143. The van der Waals surface area contributed by atoms with Crippen LogP contribution in [0.25, 0.3) is 0 Å². The summed E-state index contributed by atoms with van der Waals surface area (Å²) < 4.78 is 4.85. The second-order valence-corrected chi connectivity index (χ2v) is 5.35. The fourth-order valence-electron chi connectivity index (χ4n) is 2.42. The summed E-state index contributed by atoms with van der Waals surface area (Å²) in [5.74, 6) is -0.106. The Morgan fingerprint density at radius 3 is 2.53 bits per heavy atom. The number of methoxy groups -OCH3 is 1. The number of esters is 1. The number of hydrogen-bond acceptors (Lipinski definition) is 3. The summed E-state index contributed by atoms with van der Waals surface area (Å²) >= 11 is 0. The lowest BCUT2D eigenvalue weighted by atomic mass is 10.00. The molecule has 1 atom stereocenters. The summed E-state index contributed by atoms with van der Waals surface area (Å²) in [5, 5.41) is 3.42. The second kappa shape index (κ2) is 7.00. The number of nitrogens with one attached hydrogen (secondary N) is 1. The van der Waals surface area contributed by atoms with Crippen LogP contribution in [0.3, 0.4) is 0 Å². The fourth-order valence-corrected chi connectivity index (χ4v) is 2.42. The summed E-state index contributed by atoms with van der Waals surface area (Å²) in [4.78, 5) is 11.6. The minimum absolute atomic E-state index is 0.103. The predicted octanol–water partition coefficient (Wildman–Crippen LogP) is 2.89. The molecule has 0 radical (unpaired) electrons. The molecule has 1 aliphatic rings. The van der Waals surface area contributed by atoms with Gasteiger partial charge in [-0.05, 0) is 31.1 Å². The number of carbonyl (C=O) groups excluding carboxylic acids is 1. The maximum absolute atomic E-state index is 11.6. The molecular weight excluding hydrogens is 214 g/mol. The smallest absolute Gasteiger partial charge is 0.322 e. The second-order valence-electron chi connectivity index (χ2n) is 5.35. The molecule has 3 heteroatoms. The summed E-state index contributed by atoms with van der Waals surface area (Å²) in [7, 11) is 1.47. The molecule has 0 bridgehead atoms. The maximum atomic E-state index is 11.6. The highest BCUT2D eigenvalue weighted by Crippen LogP contribution is 2.49. The van der Waals surface area contributed by atoms with Crippen molar-refractivity contribution in [1.29, 1.82) is 0 Å². The molecule has 100 valence electrons. The number of ether oxygens (including phenoxy) is 1. The third-order valence-corrected chi connectivity index (χ3v) is 3.79. The van der Waals surface area contributed by atoms with Gasteiger partial charge in [0.1, 0.15) is 6.04 Å². The average Bonchev–Trinajstić information content (AvgIpc) is 3.09. The molecule has 3 nitrogen and oxygen atoms in total. The van der Waals surface area contributed by atoms with Gasteiger partial charge in [-0.2, -0.15) is 0 Å². The highest BCUT2D eigenvalue weighted by molar-refractivity contribution is 5.75. The third-order valence-electron chi connectivity index (χ3n) is 3.79. The molecule has 0 saturated heterocycles. The third kappa shape index (κ3) is 4.66. The van der Waals surface area contributed by atoms with Crippen LogP contribution in [0.2, 0.25) is 0 Å². The number of unbranched alkanes of at least 4 members (excludes halogenated alkanes) is 1. The lowest BCUT2D eigenvalue weighted by Gasteiger charge is -2.20. The standard InChI is InChI=1S/C14H27NO2/c1-4-6-7-12(13(16)17-3)15-11-14(8-5-2)9-10-14/h12,15H,4-11H2,1-3H3. The molecule has 0 heterocycles. The van der Waals surface area contributed by atoms with E-state index in [0.29, 0.717) is 5.41 Å². The van der Waals surface area contributed by atoms with Gasteiger partial charge in [-0.1, -0.05) is 33.1 Å². The van der Waals surface area contributed by atoms with Crippen LogP contribution in [0.5, 0.6) is 0 Å². The summed E-state index contributed by atoms with van der Waals surface area (Å²) in [5.41, 5.74) is 0.493. The molecule has 0 amide bonds. The summed E-state index contributed by atoms with van der Waals surface area (Å²) in [6.07, 6.45) is 8.24. The largest absolute Gasteiger partial charge is 0.468 e. The Kier molecular flexibility index (Phi) is 5.96. The molecule has 0 aromatic carbocycles. The van der Waals surface area contributed by atoms with E-state index in [1.165, 1.54) is 32.8 Å². The molecule has 1 fully saturated rings. The molecule has 1 unspecified atom stereocenters.